The average molecular weight is 669 g/mol. The molecule has 2 aliphatic rings. The quantitative estimate of drug-likeness (QED) is 0.111. The Bertz CT molecular complexity index is 1740. The normalized spacial score (nSPS) is 14.6. The Hall–Kier alpha value is -2.24. The van der Waals surface area contributed by atoms with Crippen LogP contribution in [0, 0.1) is 11.6 Å². The molecule has 0 spiro atoms. The van der Waals surface area contributed by atoms with Crippen molar-refractivity contribution >= 4 is 52.0 Å². The van der Waals surface area contributed by atoms with Crippen LogP contribution < -0.4 is 0 Å². The summed E-state index contributed by atoms with van der Waals surface area (Å²) in [5, 5.41) is 0. The Labute approximate surface area is 246 Å². The molecule has 7 rings (SSSR count). The van der Waals surface area contributed by atoms with Gasteiger partial charge in [-0.1, -0.05) is 0 Å². The predicted octanol–water partition coefficient (Wildman–Crippen LogP) is 7.74. The van der Waals surface area contributed by atoms with E-state index < -0.39 is 5.41 Å². The molecule has 3 aromatic carbocycles. The van der Waals surface area contributed by atoms with E-state index >= 15 is 8.78 Å². The van der Waals surface area contributed by atoms with Crippen LogP contribution >= 0.6 is 0 Å². The fourth-order valence-corrected chi connectivity index (χ4v) is 9.62. The number of aromatic nitrogens is 4. The molecule has 0 saturated heterocycles. The van der Waals surface area contributed by atoms with Gasteiger partial charge in [-0.2, -0.15) is 0 Å². The van der Waals surface area contributed by atoms with Gasteiger partial charge in [-0.05, 0) is 0 Å². The van der Waals surface area contributed by atoms with E-state index in [0.717, 1.165) is 109 Å². The fraction of sp³-hybridized carbons (Fsp3) is 0.438. The molecule has 2 aromatic heterocycles. The molecule has 2 aliphatic carbocycles. The number of halogens is 2. The second-order valence-electron chi connectivity index (χ2n) is 11.5. The summed E-state index contributed by atoms with van der Waals surface area (Å²) < 4.78 is 53.2. The van der Waals surface area contributed by atoms with E-state index in [1.54, 1.807) is 0 Å². The summed E-state index contributed by atoms with van der Waals surface area (Å²) >= 11 is -0.488. The van der Waals surface area contributed by atoms with Gasteiger partial charge in [0.2, 0.25) is 0 Å². The van der Waals surface area contributed by atoms with Crippen molar-refractivity contribution in [1.82, 2.24) is 15.9 Å². The van der Waals surface area contributed by atoms with Gasteiger partial charge in [-0.25, -0.2) is 0 Å². The number of benzene rings is 3. The summed E-state index contributed by atoms with van der Waals surface area (Å²) in [4.78, 5) is 0. The molecule has 40 heavy (non-hydrogen) atoms. The monoisotopic (exact) mass is 670 g/mol. The molecule has 0 atom stereocenters. The minimum atomic E-state index is -0.571. The Kier molecular flexibility index (Phi) is 7.03. The Morgan fingerprint density at radius 2 is 1.30 bits per heavy atom. The van der Waals surface area contributed by atoms with Gasteiger partial charge in [0.25, 0.3) is 0 Å². The number of hydrogen-bond donors (Lipinski definition) is 0. The maximum atomic E-state index is 17.5. The van der Waals surface area contributed by atoms with E-state index in [0.29, 0.717) is 28.7 Å². The van der Waals surface area contributed by atoms with Crippen LogP contribution in [-0.4, -0.2) is 45.8 Å². The van der Waals surface area contributed by atoms with Crippen molar-refractivity contribution in [2.45, 2.75) is 89.9 Å². The molecule has 0 N–H and O–H groups in total. The average Bonchev–Trinajstić information content (AvgIpc) is 3.74. The topological polar surface area (TPSA) is 51.6 Å². The molecule has 0 radical (unpaired) electrons. The van der Waals surface area contributed by atoms with E-state index in [-0.39, 0.29) is 41.6 Å². The second kappa shape index (κ2) is 10.5. The zero-order chi connectivity index (χ0) is 27.4. The summed E-state index contributed by atoms with van der Waals surface area (Å²) in [6, 6.07) is 8.11. The number of rotatable bonds is 10. The van der Waals surface area contributed by atoms with Crippen molar-refractivity contribution in [3.8, 4) is 22.3 Å². The molecule has 2 heterocycles. The Morgan fingerprint density at radius 3 is 1.95 bits per heavy atom. The van der Waals surface area contributed by atoms with Crippen LogP contribution in [0.4, 0.5) is 8.78 Å². The minimum absolute atomic E-state index is 0.238. The first-order valence-corrected chi connectivity index (χ1v) is 17.7. The van der Waals surface area contributed by atoms with E-state index in [1.807, 2.05) is 18.2 Å². The van der Waals surface area contributed by atoms with Crippen LogP contribution in [-0.2, 0) is 11.8 Å². The van der Waals surface area contributed by atoms with E-state index in [2.05, 4.69) is 31.9 Å². The second-order valence-corrected chi connectivity index (χ2v) is 13.7. The Balaban J connectivity index is 1.52. The first-order valence-electron chi connectivity index (χ1n) is 14.7. The molecule has 206 valence electrons. The first-order chi connectivity index (χ1) is 19.6. The summed E-state index contributed by atoms with van der Waals surface area (Å²) in [6.07, 6.45) is 10.8. The van der Waals surface area contributed by atoms with Crippen molar-refractivity contribution in [1.29, 1.82) is 0 Å². The molecule has 5 aromatic rings. The third kappa shape index (κ3) is 3.86. The van der Waals surface area contributed by atoms with Gasteiger partial charge >= 0.3 is 247 Å². The van der Waals surface area contributed by atoms with Gasteiger partial charge in [-0.3, -0.25) is 0 Å². The number of fused-ring (bicyclic) bond motifs is 10. The molecular weight excluding hydrogens is 636 g/mol. The van der Waals surface area contributed by atoms with Crippen LogP contribution in [0.1, 0.15) is 100 Å². The summed E-state index contributed by atoms with van der Waals surface area (Å²) in [6.45, 7) is 4.42. The third-order valence-corrected chi connectivity index (χ3v) is 11.5. The van der Waals surface area contributed by atoms with Crippen molar-refractivity contribution in [2.24, 2.45) is 0 Å². The molecule has 0 aliphatic heterocycles. The van der Waals surface area contributed by atoms with Gasteiger partial charge < -0.3 is 0 Å². The summed E-state index contributed by atoms with van der Waals surface area (Å²) in [5.41, 5.74) is 8.09. The Morgan fingerprint density at radius 1 is 0.675 bits per heavy atom. The van der Waals surface area contributed by atoms with E-state index in [1.165, 1.54) is 0 Å². The number of hydrogen-bond acceptors (Lipinski definition) is 4. The van der Waals surface area contributed by atoms with Gasteiger partial charge in [0.15, 0.2) is 0 Å². The van der Waals surface area contributed by atoms with Crippen molar-refractivity contribution < 1.29 is 8.78 Å². The molecular formula is C32H32F2N4Se2. The van der Waals surface area contributed by atoms with Crippen LogP contribution in [0.25, 0.3) is 44.3 Å². The fourth-order valence-electron chi connectivity index (χ4n) is 7.35. The molecule has 0 bridgehead atoms. The predicted molar refractivity (Wildman–Crippen MR) is 158 cm³/mol. The van der Waals surface area contributed by atoms with Crippen molar-refractivity contribution in [3.05, 3.63) is 58.2 Å². The van der Waals surface area contributed by atoms with Gasteiger partial charge in [0.1, 0.15) is 0 Å². The summed E-state index contributed by atoms with van der Waals surface area (Å²) in [5.74, 6) is -0.519. The van der Waals surface area contributed by atoms with Crippen molar-refractivity contribution in [2.75, 3.05) is 0 Å². The zero-order valence-corrected chi connectivity index (χ0v) is 26.4. The molecule has 0 amide bonds. The molecule has 0 saturated carbocycles. The van der Waals surface area contributed by atoms with E-state index in [9.17, 15) is 0 Å². The van der Waals surface area contributed by atoms with Crippen LogP contribution in [0.3, 0.4) is 0 Å². The maximum absolute atomic E-state index is 17.5. The molecule has 8 heteroatoms. The summed E-state index contributed by atoms with van der Waals surface area (Å²) in [7, 11) is 0. The number of unbranched alkanes of at least 4 members (excludes halogenated alkanes) is 6. The van der Waals surface area contributed by atoms with Gasteiger partial charge in [-0.15, -0.1) is 0 Å². The standard InChI is InChI=1S/C32H32F2N4Se2/c1-3-5-7-9-15-32(16-10-8-6-4-2)20-12-14-22-31(38-40-36-22)25(20)26-27(32)29(34)24-19(28(26)33)17-18-11-13-21-30(23(18)24)37-39-35-21/h11-14H,3-10,15-17H2,1-2H3. The van der Waals surface area contributed by atoms with Gasteiger partial charge in [0.05, 0.1) is 0 Å². The van der Waals surface area contributed by atoms with Crippen LogP contribution in [0.2, 0.25) is 0 Å². The molecule has 4 nitrogen and oxygen atoms in total. The third-order valence-electron chi connectivity index (χ3n) is 9.19. The zero-order valence-electron chi connectivity index (χ0n) is 22.9. The van der Waals surface area contributed by atoms with E-state index in [4.69, 9.17) is 3.98 Å². The SMILES string of the molecule is CCCCCCC1(CCCCCC)c2ccc3n[se]nc3c2-c2c(F)c3c(c(F)c21)-c1c(ccc2n[se]nc12)C3. The molecule has 0 fully saturated rings. The first kappa shape index (κ1) is 26.6. The van der Waals surface area contributed by atoms with Crippen LogP contribution in [0.5, 0.6) is 0 Å². The molecule has 0 unspecified atom stereocenters. The van der Waals surface area contributed by atoms with Gasteiger partial charge in [0, 0.05) is 0 Å². The van der Waals surface area contributed by atoms with Crippen LogP contribution in [0.15, 0.2) is 24.3 Å². The number of nitrogens with zero attached hydrogens (tertiary/aromatic N) is 4. The van der Waals surface area contributed by atoms with Crippen molar-refractivity contribution in [3.63, 3.8) is 0 Å².